The summed E-state index contributed by atoms with van der Waals surface area (Å²) in [6.45, 7) is 1.39. The first-order chi connectivity index (χ1) is 13.1. The van der Waals surface area contributed by atoms with Gasteiger partial charge in [0.25, 0.3) is 0 Å². The highest BCUT2D eigenvalue weighted by Gasteiger charge is 2.36. The van der Waals surface area contributed by atoms with Crippen molar-refractivity contribution in [3.05, 3.63) is 71.8 Å². The molecule has 4 rings (SSSR count). The average Bonchev–Trinajstić information content (AvgIpc) is 2.70. The lowest BCUT2D eigenvalue weighted by molar-refractivity contribution is 0.104. The van der Waals surface area contributed by atoms with Crippen LogP contribution in [0.15, 0.2) is 54.6 Å². The summed E-state index contributed by atoms with van der Waals surface area (Å²) >= 11 is 0. The second-order valence-corrected chi connectivity index (χ2v) is 7.46. The molecule has 1 aromatic heterocycles. The van der Waals surface area contributed by atoms with Gasteiger partial charge in [-0.2, -0.15) is 0 Å². The molecule has 140 valence electrons. The predicted molar refractivity (Wildman–Crippen MR) is 103 cm³/mol. The number of aliphatic hydroxyl groups is 1. The number of nitrogens with zero attached hydrogens (tertiary/aromatic N) is 2. The summed E-state index contributed by atoms with van der Waals surface area (Å²) in [6, 6.07) is 15.7. The molecule has 0 radical (unpaired) electrons. The van der Waals surface area contributed by atoms with E-state index in [0.717, 1.165) is 42.2 Å². The van der Waals surface area contributed by atoms with Gasteiger partial charge in [-0.05, 0) is 49.1 Å². The van der Waals surface area contributed by atoms with E-state index in [0.29, 0.717) is 18.5 Å². The Morgan fingerprint density at radius 3 is 2.74 bits per heavy atom. The van der Waals surface area contributed by atoms with Gasteiger partial charge in [-0.3, -0.25) is 0 Å². The Kier molecular flexibility index (Phi) is 4.79. The molecule has 1 unspecified atom stereocenters. The van der Waals surface area contributed by atoms with Crippen molar-refractivity contribution >= 4 is 16.7 Å². The summed E-state index contributed by atoms with van der Waals surface area (Å²) in [7, 11) is 0. The van der Waals surface area contributed by atoms with Crippen molar-refractivity contribution < 1.29 is 13.9 Å². The molecule has 0 amide bonds. The first-order valence-electron chi connectivity index (χ1n) is 9.24. The number of anilines is 1. The Labute approximate surface area is 157 Å². The van der Waals surface area contributed by atoms with E-state index < -0.39 is 17.0 Å². The number of benzene rings is 2. The highest BCUT2D eigenvalue weighted by atomic mass is 19.1. The maximum atomic E-state index is 14.2. The molecule has 1 aliphatic heterocycles. The van der Waals surface area contributed by atoms with Gasteiger partial charge in [-0.15, -0.1) is 0 Å². The average molecular weight is 368 g/mol. The summed E-state index contributed by atoms with van der Waals surface area (Å²) in [5.41, 5.74) is 0.906. The summed E-state index contributed by atoms with van der Waals surface area (Å²) in [5.74, 6) is -0.269. The number of hydrogen-bond acceptors (Lipinski definition) is 3. The summed E-state index contributed by atoms with van der Waals surface area (Å²) in [5, 5.41) is 11.2. The van der Waals surface area contributed by atoms with E-state index in [1.807, 2.05) is 36.4 Å². The van der Waals surface area contributed by atoms with E-state index in [4.69, 9.17) is 4.98 Å². The number of rotatable bonds is 4. The van der Waals surface area contributed by atoms with Gasteiger partial charge in [-0.25, -0.2) is 13.8 Å². The highest BCUT2D eigenvalue weighted by Crippen LogP contribution is 2.36. The molecule has 27 heavy (non-hydrogen) atoms. The maximum Gasteiger partial charge on any atom is 0.129 e. The second-order valence-electron chi connectivity index (χ2n) is 7.46. The minimum absolute atomic E-state index is 0.0477. The molecule has 2 aromatic carbocycles. The Hall–Kier alpha value is -2.53. The highest BCUT2D eigenvalue weighted by molar-refractivity contribution is 5.80. The first kappa shape index (κ1) is 17.9. The van der Waals surface area contributed by atoms with Gasteiger partial charge in [-0.1, -0.05) is 24.3 Å². The van der Waals surface area contributed by atoms with Crippen LogP contribution in [0.25, 0.3) is 10.9 Å². The van der Waals surface area contributed by atoms with Crippen LogP contribution in [0.3, 0.4) is 0 Å². The zero-order chi connectivity index (χ0) is 18.9. The number of piperidine rings is 1. The van der Waals surface area contributed by atoms with Crippen molar-refractivity contribution in [2.45, 2.75) is 19.3 Å². The molecule has 3 aromatic rings. The minimum atomic E-state index is -0.583. The standard InChI is InChI=1S/C22H22F2N2O/c23-18-8-6-17(19(24)12-18)13-22(15-27)10-3-11-26(14-22)21-9-7-16-4-1-2-5-20(16)25-21/h1-2,4-9,12,27H,3,10-11,13-15H2. The molecular weight excluding hydrogens is 346 g/mol. The molecule has 0 bridgehead atoms. The monoisotopic (exact) mass is 368 g/mol. The fourth-order valence-corrected chi connectivity index (χ4v) is 4.03. The van der Waals surface area contributed by atoms with Gasteiger partial charge in [0.05, 0.1) is 12.1 Å². The lowest BCUT2D eigenvalue weighted by Gasteiger charge is -2.42. The van der Waals surface area contributed by atoms with Crippen LogP contribution in [0.4, 0.5) is 14.6 Å². The third kappa shape index (κ3) is 3.65. The van der Waals surface area contributed by atoms with Crippen LogP contribution in [0, 0.1) is 17.0 Å². The topological polar surface area (TPSA) is 36.4 Å². The summed E-state index contributed by atoms with van der Waals surface area (Å²) in [6.07, 6.45) is 2.06. The Bertz CT molecular complexity index is 962. The number of aromatic nitrogens is 1. The lowest BCUT2D eigenvalue weighted by Crippen LogP contribution is -2.47. The molecule has 5 heteroatoms. The number of halogens is 2. The smallest absolute Gasteiger partial charge is 0.129 e. The number of fused-ring (bicyclic) bond motifs is 1. The minimum Gasteiger partial charge on any atom is -0.396 e. The number of aliphatic hydroxyl groups excluding tert-OH is 1. The van der Waals surface area contributed by atoms with Gasteiger partial charge in [0.2, 0.25) is 0 Å². The van der Waals surface area contributed by atoms with Crippen molar-refractivity contribution in [1.82, 2.24) is 4.98 Å². The molecule has 0 saturated carbocycles. The van der Waals surface area contributed by atoms with Gasteiger partial charge >= 0.3 is 0 Å². The number of pyridine rings is 1. The molecule has 1 N–H and O–H groups in total. The van der Waals surface area contributed by atoms with Crippen LogP contribution in [0.5, 0.6) is 0 Å². The second kappa shape index (κ2) is 7.24. The molecule has 0 aliphatic carbocycles. The van der Waals surface area contributed by atoms with E-state index >= 15 is 0 Å². The van der Waals surface area contributed by atoms with E-state index in [1.165, 1.54) is 12.1 Å². The number of hydrogen-bond donors (Lipinski definition) is 1. The third-order valence-corrected chi connectivity index (χ3v) is 5.49. The van der Waals surface area contributed by atoms with Crippen LogP contribution >= 0.6 is 0 Å². The quantitative estimate of drug-likeness (QED) is 0.744. The lowest BCUT2D eigenvalue weighted by atomic mass is 9.75. The Morgan fingerprint density at radius 2 is 1.93 bits per heavy atom. The fourth-order valence-electron chi connectivity index (χ4n) is 4.03. The Balaban J connectivity index is 1.60. The Morgan fingerprint density at radius 1 is 1.07 bits per heavy atom. The zero-order valence-electron chi connectivity index (χ0n) is 15.0. The molecule has 1 saturated heterocycles. The van der Waals surface area contributed by atoms with Crippen LogP contribution < -0.4 is 4.90 Å². The van der Waals surface area contributed by atoms with Crippen molar-refractivity contribution in [2.24, 2.45) is 5.41 Å². The molecule has 1 atom stereocenters. The van der Waals surface area contributed by atoms with Gasteiger partial charge in [0, 0.05) is 30.0 Å². The van der Waals surface area contributed by atoms with Crippen LogP contribution in [-0.2, 0) is 6.42 Å². The molecular formula is C22H22F2N2O. The first-order valence-corrected chi connectivity index (χ1v) is 9.24. The van der Waals surface area contributed by atoms with E-state index in [9.17, 15) is 13.9 Å². The summed E-state index contributed by atoms with van der Waals surface area (Å²) < 4.78 is 27.4. The predicted octanol–water partition coefficient (Wildman–Crippen LogP) is 4.33. The van der Waals surface area contributed by atoms with Crippen molar-refractivity contribution in [2.75, 3.05) is 24.6 Å². The maximum absolute atomic E-state index is 14.2. The molecule has 1 aliphatic rings. The van der Waals surface area contributed by atoms with E-state index in [-0.39, 0.29) is 6.61 Å². The third-order valence-electron chi connectivity index (χ3n) is 5.49. The zero-order valence-corrected chi connectivity index (χ0v) is 15.0. The fraction of sp³-hybridized carbons (Fsp3) is 0.318. The normalized spacial score (nSPS) is 20.2. The van der Waals surface area contributed by atoms with Crippen LogP contribution in [0.1, 0.15) is 18.4 Å². The van der Waals surface area contributed by atoms with E-state index in [1.54, 1.807) is 0 Å². The number of para-hydroxylation sites is 1. The summed E-state index contributed by atoms with van der Waals surface area (Å²) in [4.78, 5) is 6.92. The van der Waals surface area contributed by atoms with Crippen molar-refractivity contribution in [1.29, 1.82) is 0 Å². The molecule has 3 nitrogen and oxygen atoms in total. The van der Waals surface area contributed by atoms with Crippen molar-refractivity contribution in [3.63, 3.8) is 0 Å². The molecule has 2 heterocycles. The van der Waals surface area contributed by atoms with Gasteiger partial charge in [0.15, 0.2) is 0 Å². The van der Waals surface area contributed by atoms with Gasteiger partial charge in [0.1, 0.15) is 17.5 Å². The molecule has 1 fully saturated rings. The largest absolute Gasteiger partial charge is 0.396 e. The van der Waals surface area contributed by atoms with Crippen LogP contribution in [-0.4, -0.2) is 29.8 Å². The van der Waals surface area contributed by atoms with Gasteiger partial charge < -0.3 is 10.0 Å². The van der Waals surface area contributed by atoms with Crippen LogP contribution in [0.2, 0.25) is 0 Å². The van der Waals surface area contributed by atoms with E-state index in [2.05, 4.69) is 4.90 Å². The molecule has 0 spiro atoms. The van der Waals surface area contributed by atoms with Crippen molar-refractivity contribution in [3.8, 4) is 0 Å². The SMILES string of the molecule is OCC1(Cc2ccc(F)cc2F)CCCN(c2ccc3ccccc3n2)C1.